The molecule has 0 aliphatic carbocycles. The Labute approximate surface area is 150 Å². The molecule has 0 bridgehead atoms. The lowest BCUT2D eigenvalue weighted by Gasteiger charge is -2.31. The quantitative estimate of drug-likeness (QED) is 0.606. The number of rotatable bonds is 5. The summed E-state index contributed by atoms with van der Waals surface area (Å²) < 4.78 is 40.1. The van der Waals surface area contributed by atoms with Crippen molar-refractivity contribution in [1.82, 2.24) is 5.32 Å². The first-order valence-electron chi connectivity index (χ1n) is 7.13. The Bertz CT molecular complexity index is 830. The van der Waals surface area contributed by atoms with Crippen LogP contribution < -0.4 is 5.32 Å². The van der Waals surface area contributed by atoms with Gasteiger partial charge in [-0.15, -0.1) is 0 Å². The zero-order valence-electron chi connectivity index (χ0n) is 13.0. The van der Waals surface area contributed by atoms with Crippen LogP contribution in [0.4, 0.5) is 18.9 Å². The second-order valence-electron chi connectivity index (χ2n) is 5.33. The molecule has 0 fully saturated rings. The van der Waals surface area contributed by atoms with E-state index in [1.165, 1.54) is 18.2 Å². The summed E-state index contributed by atoms with van der Waals surface area (Å²) in [5, 5.41) is 22.7. The first-order valence-corrected chi connectivity index (χ1v) is 7.51. The molecule has 0 spiro atoms. The molecule has 1 unspecified atom stereocenters. The van der Waals surface area contributed by atoms with E-state index in [-0.39, 0.29) is 10.6 Å². The van der Waals surface area contributed by atoms with Crippen LogP contribution in [0.2, 0.25) is 5.02 Å². The van der Waals surface area contributed by atoms with Crippen LogP contribution in [0, 0.1) is 10.1 Å². The van der Waals surface area contributed by atoms with E-state index < -0.39 is 40.4 Å². The van der Waals surface area contributed by atoms with Crippen LogP contribution >= 0.6 is 11.6 Å². The molecular formula is C16H12ClF3N2O4. The molecule has 2 N–H and O–H groups in total. The molecule has 0 aromatic heterocycles. The summed E-state index contributed by atoms with van der Waals surface area (Å²) in [5.74, 6) is -1.09. The second-order valence-corrected chi connectivity index (χ2v) is 5.74. The monoisotopic (exact) mass is 388 g/mol. The molecule has 1 atom stereocenters. The number of benzene rings is 2. The van der Waals surface area contributed by atoms with Crippen LogP contribution in [0.1, 0.15) is 15.9 Å². The minimum atomic E-state index is -5.08. The minimum absolute atomic E-state index is 0.177. The maximum Gasteiger partial charge on any atom is 0.423 e. The number of non-ortho nitro benzene ring substituents is 1. The Morgan fingerprint density at radius 3 is 2.35 bits per heavy atom. The van der Waals surface area contributed by atoms with Crippen molar-refractivity contribution in [3.05, 3.63) is 74.8 Å². The molecule has 2 aromatic rings. The van der Waals surface area contributed by atoms with Crippen molar-refractivity contribution in [3.63, 3.8) is 0 Å². The standard InChI is InChI=1S/C16H12ClF3N2O4/c17-13-7-6-11(22(25)26)8-12(13)14(23)21-9-15(24,16(18,19)20)10-4-2-1-3-5-10/h1-8,24H,9H2,(H,21,23). The first kappa shape index (κ1) is 19.7. The molecule has 2 aromatic carbocycles. The molecule has 0 saturated carbocycles. The van der Waals surface area contributed by atoms with E-state index in [4.69, 9.17) is 11.6 Å². The van der Waals surface area contributed by atoms with Crippen LogP contribution in [0.15, 0.2) is 48.5 Å². The highest BCUT2D eigenvalue weighted by atomic mass is 35.5. The highest BCUT2D eigenvalue weighted by Gasteiger charge is 2.55. The molecule has 26 heavy (non-hydrogen) atoms. The highest BCUT2D eigenvalue weighted by Crippen LogP contribution is 2.38. The molecule has 0 saturated heterocycles. The van der Waals surface area contributed by atoms with Crippen molar-refractivity contribution in [3.8, 4) is 0 Å². The first-order chi connectivity index (χ1) is 12.1. The Kier molecular flexibility index (Phi) is 5.53. The number of nitro benzene ring substituents is 1. The van der Waals surface area contributed by atoms with Gasteiger partial charge in [-0.1, -0.05) is 41.9 Å². The lowest BCUT2D eigenvalue weighted by molar-refractivity contribution is -0.384. The van der Waals surface area contributed by atoms with Gasteiger partial charge in [0.05, 0.1) is 22.1 Å². The Balaban J connectivity index is 2.29. The number of carbonyl (C=O) groups is 1. The largest absolute Gasteiger partial charge is 0.423 e. The van der Waals surface area contributed by atoms with Crippen LogP contribution in [-0.2, 0) is 5.60 Å². The van der Waals surface area contributed by atoms with Gasteiger partial charge in [0.25, 0.3) is 11.6 Å². The minimum Gasteiger partial charge on any atom is -0.375 e. The van der Waals surface area contributed by atoms with Gasteiger partial charge in [-0.3, -0.25) is 14.9 Å². The van der Waals surface area contributed by atoms with Crippen LogP contribution in [0.5, 0.6) is 0 Å². The summed E-state index contributed by atoms with van der Waals surface area (Å²) in [6.07, 6.45) is -5.08. The van der Waals surface area contributed by atoms with E-state index in [0.717, 1.165) is 30.3 Å². The molecule has 10 heteroatoms. The van der Waals surface area contributed by atoms with Crippen LogP contribution in [0.3, 0.4) is 0 Å². The molecule has 138 valence electrons. The van der Waals surface area contributed by atoms with Gasteiger partial charge in [-0.2, -0.15) is 13.2 Å². The van der Waals surface area contributed by atoms with Crippen LogP contribution in [-0.4, -0.2) is 28.7 Å². The lowest BCUT2D eigenvalue weighted by Crippen LogP contribution is -2.51. The maximum atomic E-state index is 13.4. The Morgan fingerprint density at radius 1 is 1.19 bits per heavy atom. The molecular weight excluding hydrogens is 377 g/mol. The topological polar surface area (TPSA) is 92.5 Å². The number of nitrogens with one attached hydrogen (secondary N) is 1. The van der Waals surface area contributed by atoms with Crippen molar-refractivity contribution in [2.24, 2.45) is 0 Å². The fourth-order valence-electron chi connectivity index (χ4n) is 2.18. The fraction of sp³-hybridized carbons (Fsp3) is 0.188. The summed E-state index contributed by atoms with van der Waals surface area (Å²) in [4.78, 5) is 22.1. The average molecular weight is 389 g/mol. The van der Waals surface area contributed by atoms with Crippen LogP contribution in [0.25, 0.3) is 0 Å². The van der Waals surface area contributed by atoms with E-state index in [0.29, 0.717) is 0 Å². The number of nitro groups is 1. The molecule has 6 nitrogen and oxygen atoms in total. The van der Waals surface area contributed by atoms with E-state index in [1.54, 1.807) is 0 Å². The third-order valence-corrected chi connectivity index (χ3v) is 3.96. The van der Waals surface area contributed by atoms with Gasteiger partial charge in [-0.05, 0) is 11.6 Å². The molecule has 2 rings (SSSR count). The number of amides is 1. The summed E-state index contributed by atoms with van der Waals surface area (Å²) in [6.45, 7) is -1.20. The van der Waals surface area contributed by atoms with Gasteiger partial charge in [0.15, 0.2) is 0 Å². The number of aliphatic hydroxyl groups is 1. The predicted molar refractivity (Wildman–Crippen MR) is 86.8 cm³/mol. The maximum absolute atomic E-state index is 13.4. The highest BCUT2D eigenvalue weighted by molar-refractivity contribution is 6.33. The summed E-state index contributed by atoms with van der Waals surface area (Å²) in [7, 11) is 0. The van der Waals surface area contributed by atoms with Gasteiger partial charge >= 0.3 is 6.18 Å². The van der Waals surface area contributed by atoms with Gasteiger partial charge in [0.1, 0.15) is 0 Å². The summed E-state index contributed by atoms with van der Waals surface area (Å²) in [5.41, 5.74) is -4.62. The Hall–Kier alpha value is -2.65. The van der Waals surface area contributed by atoms with E-state index in [1.807, 2.05) is 5.32 Å². The van der Waals surface area contributed by atoms with Crippen molar-refractivity contribution in [2.45, 2.75) is 11.8 Å². The predicted octanol–water partition coefficient (Wildman–Crippen LogP) is 3.43. The average Bonchev–Trinajstić information content (AvgIpc) is 2.59. The second kappa shape index (κ2) is 7.30. The van der Waals surface area contributed by atoms with Crippen molar-refractivity contribution >= 4 is 23.2 Å². The van der Waals surface area contributed by atoms with Gasteiger partial charge in [-0.25, -0.2) is 0 Å². The van der Waals surface area contributed by atoms with Crippen molar-refractivity contribution < 1.29 is 28.0 Å². The van der Waals surface area contributed by atoms with Gasteiger partial charge in [0, 0.05) is 12.1 Å². The molecule has 0 aliphatic heterocycles. The zero-order valence-corrected chi connectivity index (χ0v) is 13.7. The molecule has 0 aliphatic rings. The number of hydrogen-bond donors (Lipinski definition) is 2. The zero-order chi connectivity index (χ0) is 19.5. The van der Waals surface area contributed by atoms with Crippen molar-refractivity contribution in [1.29, 1.82) is 0 Å². The third-order valence-electron chi connectivity index (χ3n) is 3.63. The number of alkyl halides is 3. The summed E-state index contributed by atoms with van der Waals surface area (Å²) in [6, 6.07) is 9.21. The van der Waals surface area contributed by atoms with E-state index >= 15 is 0 Å². The SMILES string of the molecule is O=C(NCC(O)(c1ccccc1)C(F)(F)F)c1cc([N+](=O)[O-])ccc1Cl. The lowest BCUT2D eigenvalue weighted by atomic mass is 9.93. The normalized spacial score (nSPS) is 13.7. The number of carbonyl (C=O) groups excluding carboxylic acids is 1. The summed E-state index contributed by atoms with van der Waals surface area (Å²) >= 11 is 5.78. The molecule has 1 amide bonds. The number of halogens is 4. The van der Waals surface area contributed by atoms with Gasteiger partial charge < -0.3 is 10.4 Å². The third kappa shape index (κ3) is 3.94. The molecule has 0 heterocycles. The molecule has 0 radical (unpaired) electrons. The smallest absolute Gasteiger partial charge is 0.375 e. The van der Waals surface area contributed by atoms with E-state index in [2.05, 4.69) is 0 Å². The Morgan fingerprint density at radius 2 is 1.81 bits per heavy atom. The number of hydrogen-bond acceptors (Lipinski definition) is 4. The number of nitrogens with zero attached hydrogens (tertiary/aromatic N) is 1. The van der Waals surface area contributed by atoms with Gasteiger partial charge in [0.2, 0.25) is 5.60 Å². The fourth-order valence-corrected chi connectivity index (χ4v) is 2.39. The van der Waals surface area contributed by atoms with Crippen molar-refractivity contribution in [2.75, 3.05) is 6.54 Å². The van der Waals surface area contributed by atoms with E-state index in [9.17, 15) is 33.2 Å².